The molecule has 0 radical (unpaired) electrons. The topological polar surface area (TPSA) is 105 Å². The third kappa shape index (κ3) is 32.2. The maximum atomic E-state index is 11.5. The Kier molecular flexibility index (Phi) is 28.9. The normalized spacial score (nSPS) is 9.05. The van der Waals surface area contributed by atoms with Crippen molar-refractivity contribution >= 4 is 11.9 Å². The summed E-state index contributed by atoms with van der Waals surface area (Å²) in [5.74, 6) is 23.2. The van der Waals surface area contributed by atoms with E-state index in [0.717, 1.165) is 19.3 Å². The van der Waals surface area contributed by atoms with Crippen LogP contribution in [0.2, 0.25) is 0 Å². The first-order chi connectivity index (χ1) is 18.0. The van der Waals surface area contributed by atoms with Crippen LogP contribution in [0.3, 0.4) is 0 Å². The molecular weight excluding hydrogens is 470 g/mol. The van der Waals surface area contributed by atoms with Crippen molar-refractivity contribution in [2.24, 2.45) is 0 Å². The van der Waals surface area contributed by atoms with Gasteiger partial charge in [-0.25, -0.2) is 0 Å². The zero-order valence-corrected chi connectivity index (χ0v) is 21.9. The van der Waals surface area contributed by atoms with Crippen molar-refractivity contribution in [1.29, 1.82) is 0 Å². The van der Waals surface area contributed by atoms with Gasteiger partial charge in [-0.2, -0.15) is 0 Å². The standard InChI is InChI=1S/C16H32O5.C14H5NO.11H2/c1-2-3-4-5-6-7-8-9-10-11-16(19)21-15(12-17)13-20-14-18;1-3-4-5-6-7-8-9-10-11-12-13-15-14(2)16;;;;;;;;;;;/h15,17-18H,2-14H2,1H3;1H,2H3,(H,15,16);11*1H/t15-;;;;;;;;;;;;/m1............/s1. The zero-order chi connectivity index (χ0) is 27.8. The number of ether oxygens (including phenoxy) is 2. The van der Waals surface area contributed by atoms with Gasteiger partial charge in [-0.15, -0.1) is 6.42 Å². The molecule has 0 rings (SSSR count). The van der Waals surface area contributed by atoms with Crippen LogP contribution in [-0.2, 0) is 19.1 Å². The Bertz CT molecular complexity index is 1020. The van der Waals surface area contributed by atoms with Crippen LogP contribution < -0.4 is 5.32 Å². The molecule has 7 nitrogen and oxygen atoms in total. The third-order valence-electron chi connectivity index (χ3n) is 4.25. The van der Waals surface area contributed by atoms with Crippen molar-refractivity contribution < 1.29 is 45.0 Å². The van der Waals surface area contributed by atoms with Crippen LogP contribution in [0, 0.1) is 71.7 Å². The highest BCUT2D eigenvalue weighted by atomic mass is 16.6. The van der Waals surface area contributed by atoms with E-state index < -0.39 is 12.9 Å². The highest BCUT2D eigenvalue weighted by Gasteiger charge is 2.13. The van der Waals surface area contributed by atoms with Crippen molar-refractivity contribution in [3.05, 3.63) is 0 Å². The van der Waals surface area contributed by atoms with E-state index >= 15 is 0 Å². The van der Waals surface area contributed by atoms with E-state index in [9.17, 15) is 9.59 Å². The van der Waals surface area contributed by atoms with Gasteiger partial charge in [0.1, 0.15) is 12.9 Å². The second kappa shape index (κ2) is 30.2. The Hall–Kier alpha value is -3.82. The lowest BCUT2D eigenvalue weighted by Gasteiger charge is -2.14. The quantitative estimate of drug-likeness (QED) is 0.0884. The van der Waals surface area contributed by atoms with E-state index in [1.165, 1.54) is 45.4 Å². The summed E-state index contributed by atoms with van der Waals surface area (Å²) in [6.07, 6.45) is 15.4. The molecule has 0 aliphatic rings. The number of rotatable bonds is 15. The maximum Gasteiger partial charge on any atom is 0.306 e. The summed E-state index contributed by atoms with van der Waals surface area (Å²) in [7, 11) is 0. The monoisotopic (exact) mass is 529 g/mol. The Morgan fingerprint density at radius 1 is 0.838 bits per heavy atom. The zero-order valence-electron chi connectivity index (χ0n) is 21.9. The highest BCUT2D eigenvalue weighted by molar-refractivity contribution is 5.74. The molecule has 0 bridgehead atoms. The molecule has 0 fully saturated rings. The van der Waals surface area contributed by atoms with Crippen LogP contribution in [0.1, 0.15) is 93.7 Å². The Labute approximate surface area is 238 Å². The fourth-order valence-electron chi connectivity index (χ4n) is 2.54. The minimum absolute atomic E-state index is 0. The predicted octanol–water partition coefficient (Wildman–Crippen LogP) is 5.21. The SMILES string of the molecule is C#CC#CC#CC#CC#CC#CNC(C)=O.CCCCCCCCCCCC(=O)O[C@H](CO)COCO.[HH].[HH].[HH].[HH].[HH].[HH].[HH].[HH].[HH].[HH].[HH]. The number of esters is 1. The molecule has 0 aromatic rings. The molecule has 0 aliphatic heterocycles. The van der Waals surface area contributed by atoms with E-state index in [0.29, 0.717) is 6.42 Å². The molecule has 1 amide bonds. The van der Waals surface area contributed by atoms with E-state index in [1.807, 2.05) is 0 Å². The summed E-state index contributed by atoms with van der Waals surface area (Å²) in [5.41, 5.74) is 0. The average molecular weight is 530 g/mol. The molecule has 0 aromatic heterocycles. The number of carbonyl (C=O) groups is 2. The molecule has 0 saturated carbocycles. The van der Waals surface area contributed by atoms with E-state index in [1.54, 1.807) is 0 Å². The number of aliphatic hydroxyl groups is 2. The maximum absolute atomic E-state index is 11.5. The number of amides is 1. The molecule has 0 unspecified atom stereocenters. The molecule has 7 heteroatoms. The number of nitrogens with one attached hydrogen (secondary N) is 1. The first-order valence-corrected chi connectivity index (χ1v) is 12.2. The van der Waals surface area contributed by atoms with Gasteiger partial charge in [0.25, 0.3) is 0 Å². The van der Waals surface area contributed by atoms with Crippen LogP contribution in [0.4, 0.5) is 0 Å². The van der Waals surface area contributed by atoms with Gasteiger partial charge in [0, 0.05) is 64.7 Å². The van der Waals surface area contributed by atoms with Gasteiger partial charge >= 0.3 is 5.97 Å². The van der Waals surface area contributed by atoms with Gasteiger partial charge in [0.15, 0.2) is 0 Å². The molecular formula is C30H59NO6. The molecule has 0 saturated heterocycles. The summed E-state index contributed by atoms with van der Waals surface area (Å²) in [6.45, 7) is 2.87. The molecule has 37 heavy (non-hydrogen) atoms. The molecule has 3 N–H and O–H groups in total. The largest absolute Gasteiger partial charge is 0.457 e. The van der Waals surface area contributed by atoms with Crippen LogP contribution >= 0.6 is 0 Å². The molecule has 0 spiro atoms. The lowest BCUT2D eigenvalue weighted by Crippen LogP contribution is -2.27. The Morgan fingerprint density at radius 3 is 1.84 bits per heavy atom. The van der Waals surface area contributed by atoms with Gasteiger partial charge in [0.05, 0.1) is 13.2 Å². The predicted molar refractivity (Wildman–Crippen MR) is 167 cm³/mol. The summed E-state index contributed by atoms with van der Waals surface area (Å²) in [6, 6.07) is 2.33. The fraction of sp³-hybridized carbons (Fsp3) is 0.533. The molecule has 1 atom stereocenters. The number of hydrogen-bond donors (Lipinski definition) is 3. The smallest absolute Gasteiger partial charge is 0.306 e. The van der Waals surface area contributed by atoms with Gasteiger partial charge in [0.2, 0.25) is 5.91 Å². The van der Waals surface area contributed by atoms with E-state index in [2.05, 4.69) is 77.5 Å². The Morgan fingerprint density at radius 2 is 1.35 bits per heavy atom. The van der Waals surface area contributed by atoms with Crippen LogP contribution in [0.5, 0.6) is 0 Å². The Balaban J connectivity index is -0.0000000385. The van der Waals surface area contributed by atoms with Crippen LogP contribution in [0.15, 0.2) is 0 Å². The first kappa shape index (κ1) is 35.3. The molecule has 0 heterocycles. The average Bonchev–Trinajstić information content (AvgIpc) is 2.89. The van der Waals surface area contributed by atoms with Crippen molar-refractivity contribution in [2.45, 2.75) is 84.2 Å². The van der Waals surface area contributed by atoms with Crippen molar-refractivity contribution in [2.75, 3.05) is 20.0 Å². The number of hydrogen-bond acceptors (Lipinski definition) is 6. The van der Waals surface area contributed by atoms with Gasteiger partial charge < -0.3 is 19.7 Å². The molecule has 0 aliphatic carbocycles. The summed E-state index contributed by atoms with van der Waals surface area (Å²) in [5, 5.41) is 19.7. The number of terminal acetylenes is 1. The van der Waals surface area contributed by atoms with Crippen LogP contribution in [0.25, 0.3) is 0 Å². The minimum atomic E-state index is -0.678. The van der Waals surface area contributed by atoms with Gasteiger partial charge in [-0.3, -0.25) is 14.9 Å². The highest BCUT2D eigenvalue weighted by Crippen LogP contribution is 2.11. The number of carbonyl (C=O) groups excluding carboxylic acids is 2. The second-order valence-electron chi connectivity index (χ2n) is 7.45. The van der Waals surface area contributed by atoms with Crippen molar-refractivity contribution in [3.63, 3.8) is 0 Å². The number of unbranched alkanes of at least 4 members (excludes halogenated alkanes) is 8. The van der Waals surface area contributed by atoms with Gasteiger partial charge in [-0.1, -0.05) is 58.3 Å². The summed E-state index contributed by atoms with van der Waals surface area (Å²) >= 11 is 0. The number of aliphatic hydroxyl groups excluding tert-OH is 2. The lowest BCUT2D eigenvalue weighted by atomic mass is 10.1. The lowest BCUT2D eigenvalue weighted by molar-refractivity contribution is -0.157. The van der Waals surface area contributed by atoms with Gasteiger partial charge in [-0.05, 0) is 36.0 Å². The van der Waals surface area contributed by atoms with E-state index in [-0.39, 0.29) is 40.8 Å². The summed E-state index contributed by atoms with van der Waals surface area (Å²) < 4.78 is 9.75. The van der Waals surface area contributed by atoms with Crippen molar-refractivity contribution in [1.82, 2.24) is 5.32 Å². The summed E-state index contributed by atoms with van der Waals surface area (Å²) in [4.78, 5) is 21.9. The third-order valence-corrected chi connectivity index (χ3v) is 4.25. The van der Waals surface area contributed by atoms with Crippen molar-refractivity contribution in [3.8, 4) is 71.7 Å². The molecule has 220 valence electrons. The minimum Gasteiger partial charge on any atom is -0.457 e. The van der Waals surface area contributed by atoms with E-state index in [4.69, 9.17) is 26.1 Å². The molecule has 0 aromatic carbocycles. The second-order valence-corrected chi connectivity index (χ2v) is 7.45. The first-order valence-electron chi connectivity index (χ1n) is 12.2. The fourth-order valence-corrected chi connectivity index (χ4v) is 2.54. The van der Waals surface area contributed by atoms with Crippen LogP contribution in [-0.4, -0.2) is 48.2 Å².